The second kappa shape index (κ2) is 4.96. The molecule has 0 radical (unpaired) electrons. The SMILES string of the molecule is CCc1ccc(C(C(N)=O)C(C)C)cc1. The highest BCUT2D eigenvalue weighted by Gasteiger charge is 2.21. The Balaban J connectivity index is 2.97. The first-order chi connectivity index (χ1) is 7.06. The monoisotopic (exact) mass is 205 g/mol. The Kier molecular flexibility index (Phi) is 3.89. The van der Waals surface area contributed by atoms with Crippen LogP contribution in [0.3, 0.4) is 0 Å². The van der Waals surface area contributed by atoms with E-state index in [-0.39, 0.29) is 17.7 Å². The van der Waals surface area contributed by atoms with Gasteiger partial charge in [-0.2, -0.15) is 0 Å². The van der Waals surface area contributed by atoms with Crippen LogP contribution in [-0.2, 0) is 11.2 Å². The molecule has 82 valence electrons. The topological polar surface area (TPSA) is 43.1 Å². The summed E-state index contributed by atoms with van der Waals surface area (Å²) in [6, 6.07) is 8.14. The van der Waals surface area contributed by atoms with Gasteiger partial charge in [0, 0.05) is 0 Å². The van der Waals surface area contributed by atoms with E-state index in [0.29, 0.717) is 0 Å². The van der Waals surface area contributed by atoms with Crippen LogP contribution >= 0.6 is 0 Å². The minimum absolute atomic E-state index is 0.170. The van der Waals surface area contributed by atoms with Gasteiger partial charge in [-0.25, -0.2) is 0 Å². The summed E-state index contributed by atoms with van der Waals surface area (Å²) in [5, 5.41) is 0. The van der Waals surface area contributed by atoms with Gasteiger partial charge >= 0.3 is 0 Å². The normalized spacial score (nSPS) is 12.8. The summed E-state index contributed by atoms with van der Waals surface area (Å²) < 4.78 is 0. The molecule has 0 aliphatic rings. The van der Waals surface area contributed by atoms with Crippen LogP contribution in [0.25, 0.3) is 0 Å². The maximum atomic E-state index is 11.3. The molecule has 0 heterocycles. The number of amides is 1. The number of benzene rings is 1. The summed E-state index contributed by atoms with van der Waals surface area (Å²) in [6.07, 6.45) is 1.02. The van der Waals surface area contributed by atoms with Crippen molar-refractivity contribution in [3.63, 3.8) is 0 Å². The van der Waals surface area contributed by atoms with Gasteiger partial charge in [0.25, 0.3) is 0 Å². The highest BCUT2D eigenvalue weighted by atomic mass is 16.1. The molecular weight excluding hydrogens is 186 g/mol. The molecule has 0 aliphatic heterocycles. The first kappa shape index (κ1) is 11.8. The zero-order valence-electron chi connectivity index (χ0n) is 9.66. The Bertz CT molecular complexity index is 327. The number of carbonyl (C=O) groups is 1. The van der Waals surface area contributed by atoms with Gasteiger partial charge in [0.05, 0.1) is 5.92 Å². The lowest BCUT2D eigenvalue weighted by atomic mass is 9.87. The maximum Gasteiger partial charge on any atom is 0.225 e. The first-order valence-corrected chi connectivity index (χ1v) is 5.44. The summed E-state index contributed by atoms with van der Waals surface area (Å²) in [7, 11) is 0. The molecule has 0 fully saturated rings. The van der Waals surface area contributed by atoms with Crippen molar-refractivity contribution < 1.29 is 4.79 Å². The van der Waals surface area contributed by atoms with Gasteiger partial charge < -0.3 is 5.73 Å². The van der Waals surface area contributed by atoms with E-state index in [1.807, 2.05) is 26.0 Å². The van der Waals surface area contributed by atoms with Crippen LogP contribution in [-0.4, -0.2) is 5.91 Å². The number of hydrogen-bond acceptors (Lipinski definition) is 1. The van der Waals surface area contributed by atoms with E-state index in [1.54, 1.807) is 0 Å². The number of hydrogen-bond donors (Lipinski definition) is 1. The second-order valence-electron chi connectivity index (χ2n) is 4.22. The lowest BCUT2D eigenvalue weighted by Gasteiger charge is -2.17. The van der Waals surface area contributed by atoms with Gasteiger partial charge in [0.2, 0.25) is 5.91 Å². The van der Waals surface area contributed by atoms with Gasteiger partial charge in [-0.15, -0.1) is 0 Å². The van der Waals surface area contributed by atoms with Gasteiger partial charge in [0.1, 0.15) is 0 Å². The third-order valence-electron chi connectivity index (χ3n) is 2.72. The van der Waals surface area contributed by atoms with Crippen LogP contribution in [0.15, 0.2) is 24.3 Å². The molecule has 1 rings (SSSR count). The molecule has 2 heteroatoms. The minimum Gasteiger partial charge on any atom is -0.369 e. The quantitative estimate of drug-likeness (QED) is 0.806. The molecular formula is C13H19NO. The summed E-state index contributed by atoms with van der Waals surface area (Å²) in [5.74, 6) is -0.167. The van der Waals surface area contributed by atoms with Crippen LogP contribution in [0, 0.1) is 5.92 Å². The van der Waals surface area contributed by atoms with Gasteiger partial charge in [-0.1, -0.05) is 45.0 Å². The molecule has 2 N–H and O–H groups in total. The Morgan fingerprint density at radius 1 is 1.27 bits per heavy atom. The van der Waals surface area contributed by atoms with E-state index in [9.17, 15) is 4.79 Å². The molecule has 1 aromatic carbocycles. The minimum atomic E-state index is -0.241. The largest absolute Gasteiger partial charge is 0.369 e. The van der Waals surface area contributed by atoms with E-state index >= 15 is 0 Å². The number of carbonyl (C=O) groups excluding carboxylic acids is 1. The molecule has 0 saturated carbocycles. The fourth-order valence-electron chi connectivity index (χ4n) is 1.84. The number of aryl methyl sites for hydroxylation is 1. The van der Waals surface area contributed by atoms with Gasteiger partial charge in [0.15, 0.2) is 0 Å². The Hall–Kier alpha value is -1.31. The summed E-state index contributed by atoms with van der Waals surface area (Å²) >= 11 is 0. The highest BCUT2D eigenvalue weighted by Crippen LogP contribution is 2.24. The molecule has 1 atom stereocenters. The van der Waals surface area contributed by atoms with Crippen LogP contribution in [0.4, 0.5) is 0 Å². The van der Waals surface area contributed by atoms with Crippen molar-refractivity contribution in [3.8, 4) is 0 Å². The Morgan fingerprint density at radius 3 is 2.13 bits per heavy atom. The lowest BCUT2D eigenvalue weighted by Crippen LogP contribution is -2.25. The highest BCUT2D eigenvalue weighted by molar-refractivity contribution is 5.82. The summed E-state index contributed by atoms with van der Waals surface area (Å²) in [4.78, 5) is 11.3. The van der Waals surface area contributed by atoms with Crippen LogP contribution in [0.5, 0.6) is 0 Å². The van der Waals surface area contributed by atoms with E-state index < -0.39 is 0 Å². The Morgan fingerprint density at radius 2 is 1.80 bits per heavy atom. The van der Waals surface area contributed by atoms with Crippen molar-refractivity contribution in [3.05, 3.63) is 35.4 Å². The van der Waals surface area contributed by atoms with Crippen molar-refractivity contribution in [1.82, 2.24) is 0 Å². The third-order valence-corrected chi connectivity index (χ3v) is 2.72. The molecule has 0 aliphatic carbocycles. The first-order valence-electron chi connectivity index (χ1n) is 5.44. The zero-order valence-corrected chi connectivity index (χ0v) is 9.66. The average Bonchev–Trinajstić information content (AvgIpc) is 2.18. The average molecular weight is 205 g/mol. The predicted molar refractivity (Wildman–Crippen MR) is 62.6 cm³/mol. The number of nitrogens with two attached hydrogens (primary N) is 1. The Labute approximate surface area is 91.5 Å². The van der Waals surface area contributed by atoms with Crippen LogP contribution < -0.4 is 5.73 Å². The molecule has 2 nitrogen and oxygen atoms in total. The molecule has 0 bridgehead atoms. The summed E-state index contributed by atoms with van der Waals surface area (Å²) in [6.45, 7) is 6.15. The molecule has 1 aromatic rings. The van der Waals surface area contributed by atoms with Crippen molar-refractivity contribution in [2.45, 2.75) is 33.1 Å². The lowest BCUT2D eigenvalue weighted by molar-refractivity contribution is -0.120. The number of rotatable bonds is 4. The standard InChI is InChI=1S/C13H19NO/c1-4-10-5-7-11(8-6-10)12(9(2)3)13(14)15/h5-9,12H,4H2,1-3H3,(H2,14,15). The fraction of sp³-hybridized carbons (Fsp3) is 0.462. The maximum absolute atomic E-state index is 11.3. The van der Waals surface area contributed by atoms with E-state index in [1.165, 1.54) is 5.56 Å². The van der Waals surface area contributed by atoms with Crippen LogP contribution in [0.2, 0.25) is 0 Å². The molecule has 15 heavy (non-hydrogen) atoms. The molecule has 0 aromatic heterocycles. The number of primary amides is 1. The van der Waals surface area contributed by atoms with E-state index in [2.05, 4.69) is 19.1 Å². The molecule has 0 saturated heterocycles. The molecule has 1 unspecified atom stereocenters. The van der Waals surface area contributed by atoms with Crippen LogP contribution in [0.1, 0.15) is 37.8 Å². The van der Waals surface area contributed by atoms with Gasteiger partial charge in [-0.05, 0) is 23.5 Å². The summed E-state index contributed by atoms with van der Waals surface area (Å²) in [5.41, 5.74) is 7.71. The van der Waals surface area contributed by atoms with Crippen molar-refractivity contribution in [2.75, 3.05) is 0 Å². The predicted octanol–water partition coefficient (Wildman–Crippen LogP) is 2.47. The fourth-order valence-corrected chi connectivity index (χ4v) is 1.84. The molecule has 1 amide bonds. The van der Waals surface area contributed by atoms with Crippen molar-refractivity contribution >= 4 is 5.91 Å². The second-order valence-corrected chi connectivity index (χ2v) is 4.22. The van der Waals surface area contributed by atoms with E-state index in [0.717, 1.165) is 12.0 Å². The molecule has 0 spiro atoms. The van der Waals surface area contributed by atoms with Crippen molar-refractivity contribution in [2.24, 2.45) is 11.7 Å². The smallest absolute Gasteiger partial charge is 0.225 e. The third kappa shape index (κ3) is 2.82. The van der Waals surface area contributed by atoms with E-state index in [4.69, 9.17) is 5.73 Å². The van der Waals surface area contributed by atoms with Gasteiger partial charge in [-0.3, -0.25) is 4.79 Å². The zero-order chi connectivity index (χ0) is 11.4. The van der Waals surface area contributed by atoms with Crippen molar-refractivity contribution in [1.29, 1.82) is 0 Å².